The number of fused-ring (bicyclic) bond motifs is 1. The first-order valence-corrected chi connectivity index (χ1v) is 8.67. The highest BCUT2D eigenvalue weighted by Crippen LogP contribution is 2.46. The zero-order chi connectivity index (χ0) is 17.9. The van der Waals surface area contributed by atoms with Gasteiger partial charge in [-0.1, -0.05) is 32.9 Å². The van der Waals surface area contributed by atoms with E-state index in [2.05, 4.69) is 14.0 Å². The van der Waals surface area contributed by atoms with Crippen LogP contribution in [0.15, 0.2) is 41.2 Å². The Morgan fingerprint density at radius 3 is 2.42 bits per heavy atom. The second-order valence-corrected chi connectivity index (χ2v) is 6.03. The van der Waals surface area contributed by atoms with Crippen LogP contribution in [0.5, 0.6) is 0 Å². The number of likely N-dealkylation sites (N-methyl/N-ethyl adjacent to an activating group) is 1. The number of quaternary nitrogens is 1. The van der Waals surface area contributed by atoms with Crippen LogP contribution in [-0.4, -0.2) is 37.1 Å². The summed E-state index contributed by atoms with van der Waals surface area (Å²) < 4.78 is 19.5. The smallest absolute Gasteiger partial charge is 0.166 e. The summed E-state index contributed by atoms with van der Waals surface area (Å²) in [6.07, 6.45) is 0.851. The largest absolute Gasteiger partial charge is 0.365 e. The van der Waals surface area contributed by atoms with E-state index in [0.29, 0.717) is 17.7 Å². The lowest BCUT2D eigenvalue weighted by Gasteiger charge is -2.37. The zero-order valence-corrected chi connectivity index (χ0v) is 15.3. The molecule has 0 aliphatic carbocycles. The van der Waals surface area contributed by atoms with Crippen molar-refractivity contribution in [1.29, 1.82) is 0 Å². The summed E-state index contributed by atoms with van der Waals surface area (Å²) >= 11 is 0. The molecule has 2 heterocycles. The summed E-state index contributed by atoms with van der Waals surface area (Å²) in [6.45, 7) is 9.72. The van der Waals surface area contributed by atoms with Gasteiger partial charge in [0.05, 0.1) is 24.8 Å². The van der Waals surface area contributed by atoms with E-state index in [-0.39, 0.29) is 11.6 Å². The Labute approximate surface area is 144 Å². The molecule has 24 heavy (non-hydrogen) atoms. The number of morpholine rings is 1. The van der Waals surface area contributed by atoms with Crippen LogP contribution in [0.25, 0.3) is 5.57 Å². The van der Waals surface area contributed by atoms with Gasteiger partial charge >= 0.3 is 0 Å². The third-order valence-electron chi connectivity index (χ3n) is 4.76. The van der Waals surface area contributed by atoms with Crippen LogP contribution in [-0.2, 0) is 9.53 Å². The second kappa shape index (κ2) is 7.41. The van der Waals surface area contributed by atoms with E-state index >= 15 is 0 Å². The maximum Gasteiger partial charge on any atom is 0.166 e. The molecule has 0 spiro atoms. The number of benzene rings is 1. The molecule has 3 nitrogen and oxygen atoms in total. The molecule has 1 unspecified atom stereocenters. The van der Waals surface area contributed by atoms with Gasteiger partial charge in [0.2, 0.25) is 0 Å². The molecule has 0 amide bonds. The van der Waals surface area contributed by atoms with Crippen molar-refractivity contribution in [2.45, 2.75) is 34.1 Å². The first kappa shape index (κ1) is 18.6. The molecule has 1 fully saturated rings. The highest BCUT2D eigenvalue weighted by molar-refractivity contribution is 6.11. The van der Waals surface area contributed by atoms with Crippen molar-refractivity contribution >= 4 is 11.4 Å². The van der Waals surface area contributed by atoms with Crippen molar-refractivity contribution in [2.24, 2.45) is 0 Å². The van der Waals surface area contributed by atoms with Crippen LogP contribution < -0.4 is 0 Å². The maximum absolute atomic E-state index is 13.3. The molecule has 0 aromatic heterocycles. The molecule has 2 aliphatic heterocycles. The van der Waals surface area contributed by atoms with Gasteiger partial charge in [0.1, 0.15) is 24.7 Å². The van der Waals surface area contributed by atoms with E-state index in [1.807, 2.05) is 13.8 Å². The number of nitrogens with zero attached hydrogens (tertiary/aromatic N) is 1. The van der Waals surface area contributed by atoms with E-state index in [9.17, 15) is 9.18 Å². The number of hydrogen-bond donors (Lipinski definition) is 0. The molecule has 1 aromatic carbocycles. The molecule has 4 heteroatoms. The van der Waals surface area contributed by atoms with Gasteiger partial charge in [0, 0.05) is 6.42 Å². The Hall–Kier alpha value is -1.78. The summed E-state index contributed by atoms with van der Waals surface area (Å²) in [4.78, 5) is 12.3. The van der Waals surface area contributed by atoms with Gasteiger partial charge in [-0.25, -0.2) is 4.39 Å². The first-order chi connectivity index (χ1) is 11.5. The molecular weight excluding hydrogens is 305 g/mol. The van der Waals surface area contributed by atoms with Gasteiger partial charge in [0.25, 0.3) is 0 Å². The number of allylic oxidation sites excluding steroid dienone is 3. The minimum absolute atomic E-state index is 0.0487. The fourth-order valence-corrected chi connectivity index (χ4v) is 3.68. The lowest BCUT2D eigenvalue weighted by molar-refractivity contribution is -0.841. The number of halogens is 1. The lowest BCUT2D eigenvalue weighted by atomic mass is 9.94. The summed E-state index contributed by atoms with van der Waals surface area (Å²) in [5, 5.41) is 0. The predicted molar refractivity (Wildman–Crippen MR) is 94.5 cm³/mol. The lowest BCUT2D eigenvalue weighted by Crippen LogP contribution is -2.47. The quantitative estimate of drug-likeness (QED) is 0.771. The Kier molecular flexibility index (Phi) is 5.73. The number of carbonyl (C=O) groups excluding carboxylic acids is 1. The van der Waals surface area contributed by atoms with E-state index in [1.54, 1.807) is 19.1 Å². The van der Waals surface area contributed by atoms with Crippen LogP contribution in [0.4, 0.5) is 4.39 Å². The van der Waals surface area contributed by atoms with Crippen LogP contribution in [0.1, 0.15) is 39.7 Å². The molecule has 1 aromatic rings. The standard InChI is InChI=1S/C18H21FNO2.C2H6/c1-4-15-18(13-5-7-14(19)8-6-13)17(12(2)21)16-11-22-10-9-20(15,16)3;1-2/h5-8H,4,9-11H2,1-3H3;1-2H3/q+1;. The van der Waals surface area contributed by atoms with Crippen LogP contribution in [0, 0.1) is 5.82 Å². The highest BCUT2D eigenvalue weighted by atomic mass is 19.1. The van der Waals surface area contributed by atoms with Crippen molar-refractivity contribution in [2.75, 3.05) is 26.8 Å². The SMILES string of the molecule is CC.CCC1=C(c2ccc(F)cc2)C(C(C)=O)=C2COCC[N+]21C. The normalized spacial score (nSPS) is 22.9. The van der Waals surface area contributed by atoms with E-state index in [4.69, 9.17) is 4.74 Å². The van der Waals surface area contributed by atoms with Gasteiger partial charge in [0.15, 0.2) is 11.5 Å². The summed E-state index contributed by atoms with van der Waals surface area (Å²) in [5.41, 5.74) is 4.89. The minimum Gasteiger partial charge on any atom is -0.365 e. The molecule has 0 saturated carbocycles. The van der Waals surface area contributed by atoms with Crippen molar-refractivity contribution in [3.05, 3.63) is 52.6 Å². The van der Waals surface area contributed by atoms with Crippen LogP contribution >= 0.6 is 0 Å². The monoisotopic (exact) mass is 332 g/mol. The van der Waals surface area contributed by atoms with Crippen LogP contribution in [0.3, 0.4) is 0 Å². The average Bonchev–Trinajstić information content (AvgIpc) is 2.85. The zero-order valence-electron chi connectivity index (χ0n) is 15.3. The number of rotatable bonds is 3. The number of Topliss-reactive ketones (excluding diaryl/α,β-unsaturated/α-hetero) is 1. The molecule has 3 rings (SSSR count). The molecule has 1 saturated heterocycles. The fourth-order valence-electron chi connectivity index (χ4n) is 3.68. The van der Waals surface area contributed by atoms with E-state index in [0.717, 1.165) is 35.4 Å². The molecule has 0 bridgehead atoms. The van der Waals surface area contributed by atoms with Gasteiger partial charge in [-0.15, -0.1) is 0 Å². The first-order valence-electron chi connectivity index (χ1n) is 8.67. The predicted octanol–water partition coefficient (Wildman–Crippen LogP) is 4.31. The van der Waals surface area contributed by atoms with E-state index < -0.39 is 0 Å². The molecule has 2 aliphatic rings. The number of ether oxygens (including phenoxy) is 1. The minimum atomic E-state index is -0.265. The molecule has 0 N–H and O–H groups in total. The second-order valence-electron chi connectivity index (χ2n) is 6.03. The average molecular weight is 332 g/mol. The molecule has 0 radical (unpaired) electrons. The Balaban J connectivity index is 0.00000100. The van der Waals surface area contributed by atoms with Gasteiger partial charge in [-0.05, 0) is 24.6 Å². The summed E-state index contributed by atoms with van der Waals surface area (Å²) in [7, 11) is 2.15. The molecular formula is C20H27FNO2+. The fraction of sp³-hybridized carbons (Fsp3) is 0.450. The topological polar surface area (TPSA) is 26.3 Å². The van der Waals surface area contributed by atoms with Crippen molar-refractivity contribution in [1.82, 2.24) is 0 Å². The van der Waals surface area contributed by atoms with Gasteiger partial charge < -0.3 is 4.74 Å². The number of ketones is 1. The van der Waals surface area contributed by atoms with Gasteiger partial charge in [-0.2, -0.15) is 0 Å². The van der Waals surface area contributed by atoms with Crippen molar-refractivity contribution in [3.8, 4) is 0 Å². The summed E-state index contributed by atoms with van der Waals surface area (Å²) in [5.74, 6) is -0.216. The number of hydrogen-bond acceptors (Lipinski definition) is 2. The van der Waals surface area contributed by atoms with Gasteiger partial charge in [-0.3, -0.25) is 9.28 Å². The third kappa shape index (κ3) is 2.96. The molecule has 130 valence electrons. The van der Waals surface area contributed by atoms with Crippen molar-refractivity contribution < 1.29 is 18.4 Å². The van der Waals surface area contributed by atoms with Crippen molar-refractivity contribution in [3.63, 3.8) is 0 Å². The Bertz CT molecular complexity index is 688. The van der Waals surface area contributed by atoms with E-state index in [1.165, 1.54) is 17.8 Å². The van der Waals surface area contributed by atoms with Crippen LogP contribution in [0.2, 0.25) is 0 Å². The molecule has 1 atom stereocenters. The Morgan fingerprint density at radius 1 is 1.25 bits per heavy atom. The maximum atomic E-state index is 13.3. The number of carbonyl (C=O) groups is 1. The summed E-state index contributed by atoms with van der Waals surface area (Å²) in [6, 6.07) is 6.42. The highest BCUT2D eigenvalue weighted by Gasteiger charge is 2.47. The Morgan fingerprint density at radius 2 is 1.88 bits per heavy atom. The third-order valence-corrected chi connectivity index (χ3v) is 4.76.